The van der Waals surface area contributed by atoms with Gasteiger partial charge >= 0.3 is 0 Å². The minimum atomic E-state index is -3.66. The first-order chi connectivity index (χ1) is 20.0. The number of sulfone groups is 1. The molecule has 9 heteroatoms. The number of hydrogen-bond acceptors (Lipinski definition) is 4. The number of benzene rings is 4. The third kappa shape index (κ3) is 6.56. The maximum Gasteiger partial charge on any atom is 0.206 e. The summed E-state index contributed by atoms with van der Waals surface area (Å²) in [6.07, 6.45) is 0. The molecule has 0 N–H and O–H groups in total. The molecule has 4 rings (SSSR count). The highest BCUT2D eigenvalue weighted by atomic mass is 35.5. The molecule has 0 aliphatic rings. The number of methoxy groups -OCH3 is 1. The lowest BCUT2D eigenvalue weighted by atomic mass is 9.76. The van der Waals surface area contributed by atoms with Gasteiger partial charge in [-0.05, 0) is 78.7 Å². The van der Waals surface area contributed by atoms with Crippen LogP contribution in [0, 0.1) is 6.92 Å². The molecular weight excluding hydrogens is 634 g/mol. The summed E-state index contributed by atoms with van der Waals surface area (Å²) in [6.45, 7) is 6.14. The molecule has 0 saturated carbocycles. The fourth-order valence-corrected chi connectivity index (χ4v) is 6.90. The smallest absolute Gasteiger partial charge is 0.206 e. The topological polar surface area (TPSA) is 52.6 Å². The van der Waals surface area contributed by atoms with E-state index in [2.05, 4.69) is 13.8 Å². The summed E-state index contributed by atoms with van der Waals surface area (Å²) in [5.74, 6) is 2.66. The van der Waals surface area contributed by atoms with Crippen LogP contribution in [0.3, 0.4) is 0 Å². The van der Waals surface area contributed by atoms with E-state index >= 15 is 0 Å². The summed E-state index contributed by atoms with van der Waals surface area (Å²) >= 11 is 25.4. The Morgan fingerprint density at radius 2 is 1.02 bits per heavy atom. The molecule has 0 fully saturated rings. The first-order valence-corrected chi connectivity index (χ1v) is 16.8. The average Bonchev–Trinajstić information content (AvgIpc) is 3.00. The van der Waals surface area contributed by atoms with E-state index in [1.807, 2.05) is 31.2 Å². The van der Waals surface area contributed by atoms with Crippen LogP contribution < -0.4 is 9.47 Å². The minimum Gasteiger partial charge on any atom is -0.496 e. The van der Waals surface area contributed by atoms with Crippen molar-refractivity contribution in [2.24, 2.45) is 0 Å². The second-order valence-corrected chi connectivity index (χ2v) is 13.5. The number of halogens is 4. The van der Waals surface area contributed by atoms with Crippen LogP contribution in [0.25, 0.3) is 0 Å². The molecule has 0 bridgehead atoms. The number of aryl methyl sites for hydroxylation is 1. The van der Waals surface area contributed by atoms with E-state index in [1.165, 1.54) is 12.1 Å². The van der Waals surface area contributed by atoms with Gasteiger partial charge in [-0.25, -0.2) is 8.42 Å². The van der Waals surface area contributed by atoms with Gasteiger partial charge in [-0.1, -0.05) is 31.5 Å². The summed E-state index contributed by atoms with van der Waals surface area (Å²) in [4.78, 5) is 0.417. The highest BCUT2D eigenvalue weighted by Gasteiger charge is 2.28. The Balaban J connectivity index is 1.70. The molecule has 0 unspecified atom stereocenters. The van der Waals surface area contributed by atoms with Crippen molar-refractivity contribution >= 4 is 56.2 Å². The molecule has 0 aromatic heterocycles. The van der Waals surface area contributed by atoms with Crippen LogP contribution >= 0.6 is 46.4 Å². The van der Waals surface area contributed by atoms with Gasteiger partial charge in [0.15, 0.2) is 0 Å². The minimum absolute atomic E-state index is 0.179. The Hall–Kier alpha value is -2.41. The molecule has 0 saturated heterocycles. The van der Waals surface area contributed by atoms with Crippen molar-refractivity contribution < 1.29 is 17.9 Å². The Kier molecular flexibility index (Phi) is 10.4. The Morgan fingerprint density at radius 1 is 0.643 bits per heavy atom. The quantitative estimate of drug-likeness (QED) is 0.150. The molecule has 0 aliphatic heterocycles. The Morgan fingerprint density at radius 3 is 1.40 bits per heavy atom. The van der Waals surface area contributed by atoms with Gasteiger partial charge in [0.2, 0.25) is 9.84 Å². The van der Waals surface area contributed by atoms with Crippen molar-refractivity contribution in [1.82, 2.24) is 0 Å². The summed E-state index contributed by atoms with van der Waals surface area (Å²) in [7, 11) is -2.04. The predicted molar refractivity (Wildman–Crippen MR) is 173 cm³/mol. The van der Waals surface area contributed by atoms with E-state index in [1.54, 1.807) is 43.5 Å². The summed E-state index contributed by atoms with van der Waals surface area (Å²) in [5, 5.41) is 0. The monoisotopic (exact) mass is 664 g/mol. The number of ether oxygens (including phenoxy) is 2. The number of hydrogen-bond donors (Lipinski definition) is 0. The maximum atomic E-state index is 13.1. The van der Waals surface area contributed by atoms with Crippen molar-refractivity contribution in [3.63, 3.8) is 0 Å². The first-order valence-electron chi connectivity index (χ1n) is 13.2. The largest absolute Gasteiger partial charge is 0.496 e. The second kappa shape index (κ2) is 13.5. The molecule has 0 aliphatic carbocycles. The van der Waals surface area contributed by atoms with Gasteiger partial charge in [0.1, 0.15) is 17.2 Å². The third-order valence-corrected chi connectivity index (χ3v) is 10.3. The number of rotatable bonds is 11. The van der Waals surface area contributed by atoms with Crippen LogP contribution in [-0.2, 0) is 38.8 Å². The van der Waals surface area contributed by atoms with Crippen LogP contribution in [-0.4, -0.2) is 15.5 Å². The van der Waals surface area contributed by atoms with Gasteiger partial charge < -0.3 is 9.47 Å². The lowest BCUT2D eigenvalue weighted by Gasteiger charge is -2.30. The van der Waals surface area contributed by atoms with Crippen molar-refractivity contribution in [2.75, 3.05) is 7.11 Å². The van der Waals surface area contributed by atoms with Crippen LogP contribution in [0.5, 0.6) is 17.2 Å². The zero-order valence-electron chi connectivity index (χ0n) is 23.8. The lowest BCUT2D eigenvalue weighted by molar-refractivity contribution is 0.407. The molecule has 0 spiro atoms. The van der Waals surface area contributed by atoms with Gasteiger partial charge in [0, 0.05) is 27.7 Å². The third-order valence-electron chi connectivity index (χ3n) is 7.39. The van der Waals surface area contributed by atoms with Crippen LogP contribution in [0.1, 0.15) is 52.8 Å². The molecular formula is C33H32Cl4O4S. The van der Waals surface area contributed by atoms with Crippen molar-refractivity contribution in [3.05, 3.63) is 112 Å². The summed E-state index contributed by atoms with van der Waals surface area (Å²) in [5.41, 5.74) is 5.80. The van der Waals surface area contributed by atoms with E-state index in [4.69, 9.17) is 55.9 Å². The van der Waals surface area contributed by atoms with E-state index in [0.29, 0.717) is 17.2 Å². The van der Waals surface area contributed by atoms with Gasteiger partial charge in [0.25, 0.3) is 0 Å². The molecule has 4 aromatic rings. The van der Waals surface area contributed by atoms with E-state index in [9.17, 15) is 8.42 Å². The predicted octanol–water partition coefficient (Wildman–Crippen LogP) is 9.91. The van der Waals surface area contributed by atoms with Crippen LogP contribution in [0.15, 0.2) is 82.6 Å². The van der Waals surface area contributed by atoms with Crippen molar-refractivity contribution in [3.8, 4) is 17.2 Å². The molecule has 0 amide bonds. The van der Waals surface area contributed by atoms with Crippen LogP contribution in [0.2, 0.25) is 0 Å². The average molecular weight is 666 g/mol. The molecule has 4 aromatic carbocycles. The van der Waals surface area contributed by atoms with Gasteiger partial charge in [-0.3, -0.25) is 0 Å². The highest BCUT2D eigenvalue weighted by molar-refractivity contribution is 7.91. The zero-order chi connectivity index (χ0) is 30.7. The lowest BCUT2D eigenvalue weighted by Crippen LogP contribution is -2.21. The highest BCUT2D eigenvalue weighted by Crippen LogP contribution is 2.41. The van der Waals surface area contributed by atoms with E-state index in [-0.39, 0.29) is 33.3 Å². The molecule has 0 atom stereocenters. The van der Waals surface area contributed by atoms with Gasteiger partial charge in [0.05, 0.1) is 40.4 Å². The molecule has 222 valence electrons. The zero-order valence-corrected chi connectivity index (χ0v) is 27.6. The first kappa shape index (κ1) is 32.5. The maximum absolute atomic E-state index is 13.1. The van der Waals surface area contributed by atoms with E-state index < -0.39 is 15.3 Å². The fraction of sp³-hybridized carbons (Fsp3) is 0.273. The van der Waals surface area contributed by atoms with Crippen LogP contribution in [0.4, 0.5) is 0 Å². The fourth-order valence-electron chi connectivity index (χ4n) is 4.85. The summed E-state index contributed by atoms with van der Waals surface area (Å²) in [6, 6.07) is 21.2. The Bertz CT molecular complexity index is 1620. The molecule has 0 radical (unpaired) electrons. The SMILES string of the molecule is COc1c(CCl)cc(C(C)(C)c2cc(CCl)c(Oc3ccc(S(=O)(=O)c4ccc(C)cc4)cc3)c(CCl)c2)cc1CCl. The molecule has 0 heterocycles. The summed E-state index contributed by atoms with van der Waals surface area (Å²) < 4.78 is 38.0. The van der Waals surface area contributed by atoms with E-state index in [0.717, 1.165) is 38.9 Å². The Labute approximate surface area is 268 Å². The van der Waals surface area contributed by atoms with Gasteiger partial charge in [-0.15, -0.1) is 46.4 Å². The molecule has 42 heavy (non-hydrogen) atoms. The van der Waals surface area contributed by atoms with Gasteiger partial charge in [-0.2, -0.15) is 0 Å². The molecule has 4 nitrogen and oxygen atoms in total. The van der Waals surface area contributed by atoms with Crippen molar-refractivity contribution in [1.29, 1.82) is 0 Å². The number of alkyl halides is 4. The normalized spacial score (nSPS) is 11.9. The van der Waals surface area contributed by atoms with Crippen molar-refractivity contribution in [2.45, 2.75) is 59.5 Å². The second-order valence-electron chi connectivity index (χ2n) is 10.5. The standard InChI is InChI=1S/C33H32Cl4O4S/c1-21-5-9-29(10-6-21)42(38,39)30-11-7-28(8-12-30)41-32-24(19-36)15-27(16-25(32)20-37)33(2,3)26-13-22(17-34)31(40-4)23(14-26)18-35/h5-16H,17-20H2,1-4H3.